The molecule has 24 heavy (non-hydrogen) atoms. The number of carbonyl (C=O) groups is 3. The third-order valence-electron chi connectivity index (χ3n) is 3.39. The molecule has 0 spiro atoms. The molecule has 7 nitrogen and oxygen atoms in total. The van der Waals surface area contributed by atoms with Crippen LogP contribution in [0, 0.1) is 0 Å². The molecule has 0 bridgehead atoms. The highest BCUT2D eigenvalue weighted by molar-refractivity contribution is 6.48. The second kappa shape index (κ2) is 6.82. The van der Waals surface area contributed by atoms with E-state index in [1.807, 2.05) is 0 Å². The summed E-state index contributed by atoms with van der Waals surface area (Å²) in [5, 5.41) is 9.28. The number of aromatic hydroxyl groups is 1. The number of nitrogen functional groups attached to an aromatic ring is 1. The molecule has 124 valence electrons. The van der Waals surface area contributed by atoms with Crippen molar-refractivity contribution in [2.24, 2.45) is 0 Å². The van der Waals surface area contributed by atoms with Gasteiger partial charge in [-0.25, -0.2) is 4.90 Å². The number of amides is 3. The fraction of sp³-hybridized carbons (Fsp3) is 0.118. The first-order valence-corrected chi connectivity index (χ1v) is 7.08. The summed E-state index contributed by atoms with van der Waals surface area (Å²) in [5.74, 6) is -2.41. The van der Waals surface area contributed by atoms with E-state index in [-0.39, 0.29) is 11.4 Å². The number of hydrogen-bond donors (Lipinski definition) is 2. The van der Waals surface area contributed by atoms with Crippen molar-refractivity contribution in [2.45, 2.75) is 6.92 Å². The Morgan fingerprint density at radius 3 is 1.88 bits per heavy atom. The van der Waals surface area contributed by atoms with Gasteiger partial charge in [-0.3, -0.25) is 14.4 Å². The Balaban J connectivity index is 2.29. The lowest BCUT2D eigenvalue weighted by Crippen LogP contribution is -2.46. The minimum atomic E-state index is -0.983. The quantitative estimate of drug-likeness (QED) is 0.643. The van der Waals surface area contributed by atoms with Crippen LogP contribution in [0.25, 0.3) is 0 Å². The molecule has 0 saturated carbocycles. The number of likely N-dealkylation sites (N-methyl/N-ethyl adjacent to an activating group) is 1. The number of carbonyl (C=O) groups excluding carboxylic acids is 3. The van der Waals surface area contributed by atoms with Crippen molar-refractivity contribution < 1.29 is 19.5 Å². The Labute approximate surface area is 138 Å². The molecule has 0 aliphatic carbocycles. The largest absolute Gasteiger partial charge is 0.508 e. The fourth-order valence-electron chi connectivity index (χ4n) is 2.10. The highest BCUT2D eigenvalue weighted by Crippen LogP contribution is 2.20. The van der Waals surface area contributed by atoms with Gasteiger partial charge in [0, 0.05) is 25.3 Å². The van der Waals surface area contributed by atoms with Crippen LogP contribution in [0.2, 0.25) is 0 Å². The average molecular weight is 327 g/mol. The number of phenols is 1. The van der Waals surface area contributed by atoms with Crippen LogP contribution in [0.4, 0.5) is 17.1 Å². The van der Waals surface area contributed by atoms with Gasteiger partial charge in [-0.2, -0.15) is 0 Å². The molecule has 3 N–H and O–H groups in total. The van der Waals surface area contributed by atoms with Crippen molar-refractivity contribution in [3.8, 4) is 5.75 Å². The Hall–Kier alpha value is -3.35. The van der Waals surface area contributed by atoms with Crippen LogP contribution < -0.4 is 15.5 Å². The van der Waals surface area contributed by atoms with E-state index in [1.165, 1.54) is 62.5 Å². The number of nitrogens with two attached hydrogens (primary N) is 1. The Bertz CT molecular complexity index is 769. The van der Waals surface area contributed by atoms with E-state index >= 15 is 0 Å². The molecule has 2 aromatic carbocycles. The summed E-state index contributed by atoms with van der Waals surface area (Å²) in [6, 6.07) is 11.8. The summed E-state index contributed by atoms with van der Waals surface area (Å²) in [4.78, 5) is 38.6. The molecule has 0 fully saturated rings. The molecule has 3 amide bonds. The SMILES string of the molecule is CC(=O)N(C(=O)C(=O)N(C)c1ccc(O)cc1)c1ccc(N)cc1. The zero-order chi connectivity index (χ0) is 17.9. The predicted molar refractivity (Wildman–Crippen MR) is 90.5 cm³/mol. The molecule has 0 heterocycles. The maximum atomic E-state index is 12.5. The molecule has 2 aromatic rings. The van der Waals surface area contributed by atoms with Gasteiger partial charge in [0.2, 0.25) is 5.91 Å². The molecule has 0 radical (unpaired) electrons. The Morgan fingerprint density at radius 1 is 0.875 bits per heavy atom. The molecule has 0 aromatic heterocycles. The fourth-order valence-corrected chi connectivity index (χ4v) is 2.10. The number of hydrogen-bond acceptors (Lipinski definition) is 5. The van der Waals surface area contributed by atoms with Crippen molar-refractivity contribution in [2.75, 3.05) is 22.6 Å². The monoisotopic (exact) mass is 327 g/mol. The minimum absolute atomic E-state index is 0.0400. The summed E-state index contributed by atoms with van der Waals surface area (Å²) in [6.45, 7) is 1.20. The van der Waals surface area contributed by atoms with E-state index in [2.05, 4.69) is 0 Å². The number of imide groups is 1. The van der Waals surface area contributed by atoms with Gasteiger partial charge in [0.1, 0.15) is 5.75 Å². The second-order valence-corrected chi connectivity index (χ2v) is 5.13. The number of benzene rings is 2. The lowest BCUT2D eigenvalue weighted by Gasteiger charge is -2.22. The third-order valence-corrected chi connectivity index (χ3v) is 3.39. The molecule has 0 atom stereocenters. The molecular weight excluding hydrogens is 310 g/mol. The molecule has 0 saturated heterocycles. The van der Waals surface area contributed by atoms with Gasteiger partial charge in [0.25, 0.3) is 0 Å². The maximum absolute atomic E-state index is 12.5. The normalized spacial score (nSPS) is 10.1. The molecule has 0 aliphatic rings. The van der Waals surface area contributed by atoms with E-state index in [4.69, 9.17) is 5.73 Å². The van der Waals surface area contributed by atoms with Crippen molar-refractivity contribution >= 4 is 34.8 Å². The van der Waals surface area contributed by atoms with Crippen molar-refractivity contribution in [3.63, 3.8) is 0 Å². The first-order valence-electron chi connectivity index (χ1n) is 7.08. The summed E-state index contributed by atoms with van der Waals surface area (Å²) in [7, 11) is 1.41. The number of nitrogens with zero attached hydrogens (tertiary/aromatic N) is 2. The van der Waals surface area contributed by atoms with E-state index in [1.54, 1.807) is 0 Å². The van der Waals surface area contributed by atoms with E-state index < -0.39 is 17.7 Å². The molecule has 2 rings (SSSR count). The lowest BCUT2D eigenvalue weighted by atomic mass is 10.2. The van der Waals surface area contributed by atoms with Crippen LogP contribution in [0.1, 0.15) is 6.92 Å². The molecular formula is C17H17N3O4. The number of phenolic OH excluding ortho intramolecular Hbond substituents is 1. The first kappa shape index (κ1) is 17.0. The van der Waals surface area contributed by atoms with Gasteiger partial charge in [-0.1, -0.05) is 0 Å². The van der Waals surface area contributed by atoms with Crippen molar-refractivity contribution in [1.29, 1.82) is 0 Å². The number of anilines is 3. The van der Waals surface area contributed by atoms with Crippen LogP contribution >= 0.6 is 0 Å². The van der Waals surface area contributed by atoms with Gasteiger partial charge >= 0.3 is 11.8 Å². The predicted octanol–water partition coefficient (Wildman–Crippen LogP) is 1.52. The van der Waals surface area contributed by atoms with E-state index in [0.29, 0.717) is 11.4 Å². The van der Waals surface area contributed by atoms with Crippen LogP contribution in [0.15, 0.2) is 48.5 Å². The van der Waals surface area contributed by atoms with Crippen LogP contribution in [-0.4, -0.2) is 29.9 Å². The minimum Gasteiger partial charge on any atom is -0.508 e. The smallest absolute Gasteiger partial charge is 0.323 e. The Kier molecular flexibility index (Phi) is 4.84. The topological polar surface area (TPSA) is 104 Å². The molecule has 0 unspecified atom stereocenters. The van der Waals surface area contributed by atoms with Crippen LogP contribution in [0.3, 0.4) is 0 Å². The molecule has 0 aliphatic heterocycles. The summed E-state index contributed by atoms with van der Waals surface area (Å²) in [6.07, 6.45) is 0. The van der Waals surface area contributed by atoms with Crippen LogP contribution in [0.5, 0.6) is 5.75 Å². The molecule has 7 heteroatoms. The summed E-state index contributed by atoms with van der Waals surface area (Å²) < 4.78 is 0. The third kappa shape index (κ3) is 3.52. The van der Waals surface area contributed by atoms with Gasteiger partial charge in [-0.15, -0.1) is 0 Å². The van der Waals surface area contributed by atoms with Crippen molar-refractivity contribution in [1.82, 2.24) is 0 Å². The van der Waals surface area contributed by atoms with Gasteiger partial charge < -0.3 is 15.7 Å². The average Bonchev–Trinajstić information content (AvgIpc) is 2.55. The zero-order valence-electron chi connectivity index (χ0n) is 13.3. The highest BCUT2D eigenvalue weighted by Gasteiger charge is 2.29. The number of rotatable bonds is 2. The standard InChI is InChI=1S/C17H17N3O4/c1-11(21)20(14-5-3-12(18)4-6-14)17(24)16(23)19(2)13-7-9-15(22)10-8-13/h3-10,22H,18H2,1-2H3. The van der Waals surface area contributed by atoms with Gasteiger partial charge in [0.05, 0.1) is 5.69 Å². The lowest BCUT2D eigenvalue weighted by molar-refractivity contribution is -0.137. The van der Waals surface area contributed by atoms with E-state index in [9.17, 15) is 19.5 Å². The summed E-state index contributed by atoms with van der Waals surface area (Å²) in [5.41, 5.74) is 6.73. The first-order chi connectivity index (χ1) is 11.3. The maximum Gasteiger partial charge on any atom is 0.323 e. The van der Waals surface area contributed by atoms with Crippen LogP contribution in [-0.2, 0) is 14.4 Å². The zero-order valence-corrected chi connectivity index (χ0v) is 13.3. The summed E-state index contributed by atoms with van der Waals surface area (Å²) >= 11 is 0. The van der Waals surface area contributed by atoms with Crippen molar-refractivity contribution in [3.05, 3.63) is 48.5 Å². The highest BCUT2D eigenvalue weighted by atomic mass is 16.3. The van der Waals surface area contributed by atoms with Gasteiger partial charge in [0.15, 0.2) is 0 Å². The van der Waals surface area contributed by atoms with E-state index in [0.717, 1.165) is 9.80 Å². The Morgan fingerprint density at radius 2 is 1.38 bits per heavy atom. The van der Waals surface area contributed by atoms with Gasteiger partial charge in [-0.05, 0) is 48.5 Å². The second-order valence-electron chi connectivity index (χ2n) is 5.13.